The van der Waals surface area contributed by atoms with Crippen LogP contribution >= 0.6 is 0 Å². The fourth-order valence-electron chi connectivity index (χ4n) is 2.63. The van der Waals surface area contributed by atoms with E-state index >= 15 is 0 Å². The Morgan fingerprint density at radius 3 is 2.33 bits per heavy atom. The second-order valence-corrected chi connectivity index (χ2v) is 5.08. The van der Waals surface area contributed by atoms with E-state index < -0.39 is 23.4 Å². The molecular weight excluding hydrogens is 329 g/mol. The van der Waals surface area contributed by atoms with Gasteiger partial charge in [-0.05, 0) is 55.3 Å². The predicted molar refractivity (Wildman–Crippen MR) is 80.7 cm³/mol. The fourth-order valence-corrected chi connectivity index (χ4v) is 2.63. The molecule has 0 unspecified atom stereocenters. The van der Waals surface area contributed by atoms with Crippen LogP contribution in [0.5, 0.6) is 5.75 Å². The minimum atomic E-state index is -4.74. The summed E-state index contributed by atoms with van der Waals surface area (Å²) in [6.07, 6.45) is -3.54. The largest absolute Gasteiger partial charge is 0.493 e. The zero-order chi connectivity index (χ0) is 17.9. The van der Waals surface area contributed by atoms with Crippen molar-refractivity contribution in [2.75, 3.05) is 13.7 Å². The Bertz CT molecular complexity index is 728. The van der Waals surface area contributed by atoms with Gasteiger partial charge in [-0.2, -0.15) is 13.2 Å². The summed E-state index contributed by atoms with van der Waals surface area (Å²) < 4.78 is 71.8. The number of rotatable bonds is 1. The van der Waals surface area contributed by atoms with Gasteiger partial charge in [0.15, 0.2) is 0 Å². The molecular formula is C17H16F5NO. The molecule has 0 saturated carbocycles. The number of benzene rings is 2. The number of fused-ring (bicyclic) bond motifs is 1. The van der Waals surface area contributed by atoms with Gasteiger partial charge in [0, 0.05) is 5.56 Å². The normalized spacial score (nSPS) is 13.5. The summed E-state index contributed by atoms with van der Waals surface area (Å²) in [5.41, 5.74) is 3.60. The van der Waals surface area contributed by atoms with Gasteiger partial charge in [0.05, 0.1) is 12.2 Å². The van der Waals surface area contributed by atoms with Crippen LogP contribution in [0, 0.1) is 11.6 Å². The maximum Gasteiger partial charge on any atom is 0.417 e. The second kappa shape index (κ2) is 7.17. The molecule has 0 radical (unpaired) electrons. The van der Waals surface area contributed by atoms with Crippen molar-refractivity contribution in [3.05, 3.63) is 53.1 Å². The van der Waals surface area contributed by atoms with Gasteiger partial charge in [0.25, 0.3) is 0 Å². The zero-order valence-corrected chi connectivity index (χ0v) is 12.9. The molecule has 0 aliphatic carbocycles. The molecule has 1 heterocycles. The summed E-state index contributed by atoms with van der Waals surface area (Å²) in [6, 6.07) is 4.59. The van der Waals surface area contributed by atoms with E-state index in [1.54, 1.807) is 0 Å². The first-order valence-corrected chi connectivity index (χ1v) is 7.26. The predicted octanol–water partition coefficient (Wildman–Crippen LogP) is 4.55. The molecule has 24 heavy (non-hydrogen) atoms. The smallest absolute Gasteiger partial charge is 0.417 e. The average molecular weight is 345 g/mol. The second-order valence-electron chi connectivity index (χ2n) is 5.08. The van der Waals surface area contributed by atoms with E-state index in [1.165, 1.54) is 13.1 Å². The van der Waals surface area contributed by atoms with Crippen LogP contribution in [-0.4, -0.2) is 13.7 Å². The van der Waals surface area contributed by atoms with E-state index in [4.69, 9.17) is 4.74 Å². The molecule has 0 amide bonds. The van der Waals surface area contributed by atoms with E-state index in [2.05, 4.69) is 5.73 Å². The van der Waals surface area contributed by atoms with Crippen molar-refractivity contribution in [2.24, 2.45) is 5.73 Å². The van der Waals surface area contributed by atoms with Gasteiger partial charge in [-0.15, -0.1) is 0 Å². The first kappa shape index (κ1) is 18.2. The van der Waals surface area contributed by atoms with Crippen LogP contribution in [0.25, 0.3) is 11.1 Å². The fraction of sp³-hybridized carbons (Fsp3) is 0.294. The SMILES string of the molecule is CN.Fc1cc2c(c(-c3ccc(F)cc3C(F)(F)F)c1)OCCC2. The molecule has 2 aromatic carbocycles. The van der Waals surface area contributed by atoms with Gasteiger partial charge in [0.2, 0.25) is 0 Å². The minimum absolute atomic E-state index is 0.00188. The number of aryl methyl sites for hydroxylation is 1. The van der Waals surface area contributed by atoms with Crippen LogP contribution in [0.2, 0.25) is 0 Å². The molecule has 130 valence electrons. The summed E-state index contributed by atoms with van der Waals surface area (Å²) in [6.45, 7) is 0.355. The Balaban J connectivity index is 0.00000100. The Morgan fingerprint density at radius 2 is 1.67 bits per heavy atom. The molecule has 0 bridgehead atoms. The maximum absolute atomic E-state index is 13.7. The molecule has 2 aromatic rings. The zero-order valence-electron chi connectivity index (χ0n) is 12.9. The molecule has 1 aliphatic heterocycles. The summed E-state index contributed by atoms with van der Waals surface area (Å²) in [5, 5.41) is 0. The Hall–Kier alpha value is -2.15. The Labute approximate surface area is 136 Å². The van der Waals surface area contributed by atoms with Crippen molar-refractivity contribution in [2.45, 2.75) is 19.0 Å². The third kappa shape index (κ3) is 3.67. The molecule has 0 spiro atoms. The van der Waals surface area contributed by atoms with E-state index in [0.29, 0.717) is 31.1 Å². The lowest BCUT2D eigenvalue weighted by Crippen LogP contribution is -2.12. The van der Waals surface area contributed by atoms with E-state index in [1.807, 2.05) is 0 Å². The van der Waals surface area contributed by atoms with E-state index in [-0.39, 0.29) is 16.9 Å². The molecule has 0 saturated heterocycles. The number of hydrogen-bond donors (Lipinski definition) is 1. The van der Waals surface area contributed by atoms with Crippen molar-refractivity contribution in [1.29, 1.82) is 0 Å². The van der Waals surface area contributed by atoms with Crippen LogP contribution < -0.4 is 10.5 Å². The van der Waals surface area contributed by atoms with Crippen LogP contribution in [0.3, 0.4) is 0 Å². The first-order chi connectivity index (χ1) is 11.4. The molecule has 7 heteroatoms. The van der Waals surface area contributed by atoms with Gasteiger partial charge >= 0.3 is 6.18 Å². The number of halogens is 5. The van der Waals surface area contributed by atoms with Crippen LogP contribution in [-0.2, 0) is 12.6 Å². The third-order valence-corrected chi connectivity index (χ3v) is 3.54. The lowest BCUT2D eigenvalue weighted by atomic mass is 9.94. The number of ether oxygens (including phenoxy) is 1. The average Bonchev–Trinajstić information content (AvgIpc) is 2.55. The molecule has 0 fully saturated rings. The summed E-state index contributed by atoms with van der Waals surface area (Å²) in [5.74, 6) is -1.40. The minimum Gasteiger partial charge on any atom is -0.493 e. The molecule has 3 rings (SSSR count). The topological polar surface area (TPSA) is 35.2 Å². The van der Waals surface area contributed by atoms with Crippen molar-refractivity contribution in [3.63, 3.8) is 0 Å². The number of nitrogens with two attached hydrogens (primary N) is 1. The Morgan fingerprint density at radius 1 is 0.958 bits per heavy atom. The molecule has 2 nitrogen and oxygen atoms in total. The van der Waals surface area contributed by atoms with Crippen molar-refractivity contribution in [1.82, 2.24) is 0 Å². The van der Waals surface area contributed by atoms with Gasteiger partial charge < -0.3 is 10.5 Å². The lowest BCUT2D eigenvalue weighted by Gasteiger charge is -2.22. The molecule has 0 atom stereocenters. The van der Waals surface area contributed by atoms with Crippen LogP contribution in [0.15, 0.2) is 30.3 Å². The van der Waals surface area contributed by atoms with Crippen molar-refractivity contribution in [3.8, 4) is 16.9 Å². The van der Waals surface area contributed by atoms with E-state index in [0.717, 1.165) is 18.2 Å². The van der Waals surface area contributed by atoms with Crippen molar-refractivity contribution < 1.29 is 26.7 Å². The highest BCUT2D eigenvalue weighted by Gasteiger charge is 2.35. The first-order valence-electron chi connectivity index (χ1n) is 7.26. The van der Waals surface area contributed by atoms with Gasteiger partial charge in [0.1, 0.15) is 17.4 Å². The quantitative estimate of drug-likeness (QED) is 0.770. The van der Waals surface area contributed by atoms with Crippen LogP contribution in [0.1, 0.15) is 17.5 Å². The number of alkyl halides is 3. The van der Waals surface area contributed by atoms with Gasteiger partial charge in [-0.3, -0.25) is 0 Å². The van der Waals surface area contributed by atoms with E-state index in [9.17, 15) is 22.0 Å². The summed E-state index contributed by atoms with van der Waals surface area (Å²) >= 11 is 0. The molecule has 0 aromatic heterocycles. The highest BCUT2D eigenvalue weighted by molar-refractivity contribution is 5.76. The van der Waals surface area contributed by atoms with Crippen molar-refractivity contribution >= 4 is 0 Å². The third-order valence-electron chi connectivity index (χ3n) is 3.54. The van der Waals surface area contributed by atoms with Gasteiger partial charge in [-0.1, -0.05) is 6.07 Å². The molecule has 1 aliphatic rings. The summed E-state index contributed by atoms with van der Waals surface area (Å²) in [4.78, 5) is 0. The standard InChI is InChI=1S/C16H11F5O.CH5N/c17-10-3-4-12(14(8-10)16(19,20)21)13-7-11(18)6-9-2-1-5-22-15(9)13;1-2/h3-4,6-8H,1-2,5H2;2H2,1H3. The summed E-state index contributed by atoms with van der Waals surface area (Å²) in [7, 11) is 1.50. The van der Waals surface area contributed by atoms with Gasteiger partial charge in [-0.25, -0.2) is 8.78 Å². The van der Waals surface area contributed by atoms with Crippen LogP contribution in [0.4, 0.5) is 22.0 Å². The molecule has 2 N–H and O–H groups in total. The Kier molecular flexibility index (Phi) is 5.43. The highest BCUT2D eigenvalue weighted by Crippen LogP contribution is 2.43. The maximum atomic E-state index is 13.7. The highest BCUT2D eigenvalue weighted by atomic mass is 19.4. The monoisotopic (exact) mass is 345 g/mol. The number of hydrogen-bond acceptors (Lipinski definition) is 2. The lowest BCUT2D eigenvalue weighted by molar-refractivity contribution is -0.137.